The number of nitrogens with zero attached hydrogens (tertiary/aromatic N) is 1. The van der Waals surface area contributed by atoms with Crippen LogP contribution in [-0.2, 0) is 9.47 Å². The van der Waals surface area contributed by atoms with Crippen molar-refractivity contribution in [2.45, 2.75) is 97.0 Å². The maximum absolute atomic E-state index is 11.0. The highest BCUT2D eigenvalue weighted by molar-refractivity contribution is 5.72. The third kappa shape index (κ3) is 2.06. The molecule has 2 heterocycles. The molecule has 4 heteroatoms. The normalized spacial score (nSPS) is 56.7. The molecule has 6 rings (SSSR count). The van der Waals surface area contributed by atoms with Crippen molar-refractivity contribution in [2.75, 3.05) is 13.2 Å². The first-order valence-corrected chi connectivity index (χ1v) is 12.2. The predicted octanol–water partition coefficient (Wildman–Crippen LogP) is 4.94. The Hall–Kier alpha value is -0.450. The van der Waals surface area contributed by atoms with Crippen molar-refractivity contribution in [3.8, 4) is 0 Å². The number of aliphatic hydroxyl groups is 1. The summed E-state index contributed by atoms with van der Waals surface area (Å²) in [6.07, 6.45) is 12.5. The number of rotatable bonds is 0. The van der Waals surface area contributed by atoms with E-state index < -0.39 is 5.72 Å². The predicted molar refractivity (Wildman–Crippen MR) is 113 cm³/mol. The van der Waals surface area contributed by atoms with Gasteiger partial charge in [-0.2, -0.15) is 0 Å². The first-order valence-electron chi connectivity index (χ1n) is 12.2. The van der Waals surface area contributed by atoms with Gasteiger partial charge in [-0.1, -0.05) is 27.7 Å². The molecule has 0 aromatic carbocycles. The van der Waals surface area contributed by atoms with Crippen LogP contribution < -0.4 is 0 Å². The summed E-state index contributed by atoms with van der Waals surface area (Å²) < 4.78 is 12.6. The van der Waals surface area contributed by atoms with Gasteiger partial charge < -0.3 is 14.6 Å². The Kier molecular flexibility index (Phi) is 3.64. The molecule has 1 saturated heterocycles. The highest BCUT2D eigenvalue weighted by Gasteiger charge is 2.73. The molecule has 0 aromatic heterocycles. The fraction of sp³-hybridized carbons (Fsp3) is 0.960. The van der Waals surface area contributed by atoms with Gasteiger partial charge in [0.1, 0.15) is 0 Å². The van der Waals surface area contributed by atoms with Gasteiger partial charge in [0.15, 0.2) is 11.5 Å². The number of hydrogen-bond acceptors (Lipinski definition) is 4. The summed E-state index contributed by atoms with van der Waals surface area (Å²) in [4.78, 5) is 4.74. The molecule has 4 aliphatic carbocycles. The largest absolute Gasteiger partial charge is 0.369 e. The summed E-state index contributed by atoms with van der Waals surface area (Å²) in [5, 5.41) is 11.0. The van der Waals surface area contributed by atoms with E-state index in [1.165, 1.54) is 32.1 Å². The van der Waals surface area contributed by atoms with Crippen LogP contribution in [0.5, 0.6) is 0 Å². The summed E-state index contributed by atoms with van der Waals surface area (Å²) in [5.74, 6) is 1.64. The Morgan fingerprint density at radius 3 is 2.38 bits per heavy atom. The second kappa shape index (κ2) is 5.48. The first-order chi connectivity index (χ1) is 13.6. The molecule has 4 saturated carbocycles. The van der Waals surface area contributed by atoms with Gasteiger partial charge in [0.2, 0.25) is 0 Å². The van der Waals surface area contributed by atoms with Crippen molar-refractivity contribution in [1.29, 1.82) is 0 Å². The van der Waals surface area contributed by atoms with Gasteiger partial charge in [-0.25, -0.2) is 0 Å². The minimum Gasteiger partial charge on any atom is -0.369 e. The van der Waals surface area contributed by atoms with Gasteiger partial charge >= 0.3 is 0 Å². The van der Waals surface area contributed by atoms with E-state index in [2.05, 4.69) is 33.9 Å². The Balaban J connectivity index is 1.41. The maximum atomic E-state index is 11.0. The molecule has 4 nitrogen and oxygen atoms in total. The van der Waals surface area contributed by atoms with E-state index in [4.69, 9.17) is 14.5 Å². The summed E-state index contributed by atoms with van der Waals surface area (Å²) in [6, 6.07) is 0. The molecule has 5 fully saturated rings. The molecule has 0 unspecified atom stereocenters. The van der Waals surface area contributed by atoms with Crippen LogP contribution in [-0.4, -0.2) is 36.0 Å². The van der Waals surface area contributed by atoms with Gasteiger partial charge in [-0.15, -0.1) is 0 Å². The number of ether oxygens (including phenoxy) is 2. The number of fused-ring (bicyclic) bond motifs is 4. The van der Waals surface area contributed by atoms with Crippen LogP contribution in [0.4, 0.5) is 0 Å². The molecular weight excluding hydrogens is 362 g/mol. The summed E-state index contributed by atoms with van der Waals surface area (Å²) in [6.45, 7) is 11.5. The lowest BCUT2D eigenvalue weighted by Crippen LogP contribution is -2.68. The lowest BCUT2D eigenvalue weighted by molar-refractivity contribution is -0.311. The van der Waals surface area contributed by atoms with Gasteiger partial charge in [-0.05, 0) is 73.5 Å². The van der Waals surface area contributed by atoms with Crippen molar-refractivity contribution in [3.05, 3.63) is 0 Å². The van der Waals surface area contributed by atoms with Crippen molar-refractivity contribution < 1.29 is 14.6 Å². The quantitative estimate of drug-likeness (QED) is 0.625. The molecule has 162 valence electrons. The standard InChI is InChI=1S/C25H39NO3/c1-20(2)18-8-9-22(4)19(21(18,3)11-12-25(20)28-13-14-29-25)6-5-17-7-10-24(27)15-23(17,22)16-26-24/h16-19,27H,5-15H2,1-4H3/t17-,18+,19-,21+,22-,23+,24-/m1/s1. The highest BCUT2D eigenvalue weighted by Crippen LogP contribution is 2.76. The molecule has 2 aliphatic heterocycles. The highest BCUT2D eigenvalue weighted by atomic mass is 16.7. The fourth-order valence-corrected chi connectivity index (χ4v) is 10.1. The van der Waals surface area contributed by atoms with Gasteiger partial charge in [0, 0.05) is 29.9 Å². The van der Waals surface area contributed by atoms with Crippen LogP contribution in [0.15, 0.2) is 4.99 Å². The summed E-state index contributed by atoms with van der Waals surface area (Å²) in [7, 11) is 0. The molecule has 0 aromatic rings. The molecule has 2 bridgehead atoms. The Morgan fingerprint density at radius 2 is 1.62 bits per heavy atom. The number of aliphatic imine (C=N–C) groups is 1. The zero-order valence-corrected chi connectivity index (χ0v) is 18.8. The molecular formula is C25H39NO3. The average Bonchev–Trinajstić information content (AvgIpc) is 3.25. The van der Waals surface area contributed by atoms with E-state index in [1.54, 1.807) is 0 Å². The van der Waals surface area contributed by atoms with Crippen molar-refractivity contribution >= 4 is 6.21 Å². The van der Waals surface area contributed by atoms with Crippen LogP contribution in [0.1, 0.15) is 85.5 Å². The molecule has 7 atom stereocenters. The molecule has 2 spiro atoms. The van der Waals surface area contributed by atoms with E-state index in [0.717, 1.165) is 38.9 Å². The molecule has 0 radical (unpaired) electrons. The van der Waals surface area contributed by atoms with Crippen LogP contribution in [0.2, 0.25) is 0 Å². The second-order valence-corrected chi connectivity index (χ2v) is 12.5. The van der Waals surface area contributed by atoms with Crippen LogP contribution in [0.25, 0.3) is 0 Å². The van der Waals surface area contributed by atoms with Crippen LogP contribution >= 0.6 is 0 Å². The monoisotopic (exact) mass is 401 g/mol. The third-order valence-corrected chi connectivity index (χ3v) is 11.5. The maximum Gasteiger partial charge on any atom is 0.173 e. The first kappa shape index (κ1) is 19.3. The lowest BCUT2D eigenvalue weighted by atomic mass is 9.34. The van der Waals surface area contributed by atoms with E-state index in [9.17, 15) is 5.11 Å². The fourth-order valence-electron chi connectivity index (χ4n) is 10.1. The van der Waals surface area contributed by atoms with Crippen molar-refractivity contribution in [3.63, 3.8) is 0 Å². The smallest absolute Gasteiger partial charge is 0.173 e. The molecule has 0 amide bonds. The van der Waals surface area contributed by atoms with Crippen molar-refractivity contribution in [1.82, 2.24) is 0 Å². The summed E-state index contributed by atoms with van der Waals surface area (Å²) >= 11 is 0. The minimum absolute atomic E-state index is 0.0312. The summed E-state index contributed by atoms with van der Waals surface area (Å²) in [5.41, 5.74) is -0.0865. The topological polar surface area (TPSA) is 51.1 Å². The average molecular weight is 402 g/mol. The zero-order valence-electron chi connectivity index (χ0n) is 18.8. The Labute approximate surface area is 175 Å². The second-order valence-electron chi connectivity index (χ2n) is 12.5. The number of hydrogen-bond donors (Lipinski definition) is 1. The van der Waals surface area contributed by atoms with E-state index in [-0.39, 0.29) is 22.0 Å². The lowest BCUT2D eigenvalue weighted by Gasteiger charge is -2.71. The SMILES string of the molecule is CC1(C)[C@@H]2CC[C@]3(C)[C@H](CC[C@@H]4CC[C@@]5(O)C[C@]43C=N5)[C@@]2(C)CCC12OCCO2. The third-order valence-electron chi connectivity index (χ3n) is 11.5. The zero-order chi connectivity index (χ0) is 20.3. The molecule has 1 N–H and O–H groups in total. The van der Waals surface area contributed by atoms with Crippen LogP contribution in [0, 0.1) is 39.4 Å². The molecule has 6 aliphatic rings. The Morgan fingerprint density at radius 1 is 0.862 bits per heavy atom. The van der Waals surface area contributed by atoms with Gasteiger partial charge in [-0.3, -0.25) is 4.99 Å². The van der Waals surface area contributed by atoms with Crippen LogP contribution in [0.3, 0.4) is 0 Å². The van der Waals surface area contributed by atoms with E-state index in [1.807, 2.05) is 0 Å². The van der Waals surface area contributed by atoms with Crippen molar-refractivity contribution in [2.24, 2.45) is 44.4 Å². The van der Waals surface area contributed by atoms with Gasteiger partial charge in [0.25, 0.3) is 0 Å². The Bertz CT molecular complexity index is 757. The minimum atomic E-state index is -0.777. The van der Waals surface area contributed by atoms with E-state index in [0.29, 0.717) is 23.2 Å². The van der Waals surface area contributed by atoms with Gasteiger partial charge in [0.05, 0.1) is 13.2 Å². The van der Waals surface area contributed by atoms with E-state index >= 15 is 0 Å². The molecule has 29 heavy (non-hydrogen) atoms.